The van der Waals surface area contributed by atoms with Crippen molar-refractivity contribution in [1.29, 1.82) is 0 Å². The second-order valence-electron chi connectivity index (χ2n) is 15.1. The Kier molecular flexibility index (Phi) is 9.76. The minimum Gasteiger partial charge on any atom is -0.461 e. The summed E-state index contributed by atoms with van der Waals surface area (Å²) in [4.78, 5) is 42.9. The third kappa shape index (κ3) is 7.26. The molecular formula is C38H39ClF4N6O6. The first-order valence-corrected chi connectivity index (χ1v) is 18.7. The second kappa shape index (κ2) is 14.4. The van der Waals surface area contributed by atoms with Crippen LogP contribution in [0.15, 0.2) is 30.5 Å². The van der Waals surface area contributed by atoms with Gasteiger partial charge in [0.05, 0.1) is 29.6 Å². The predicted molar refractivity (Wildman–Crippen MR) is 194 cm³/mol. The van der Waals surface area contributed by atoms with Crippen LogP contribution >= 0.6 is 11.6 Å². The number of rotatable bonds is 5. The first kappa shape index (κ1) is 37.2. The first-order valence-electron chi connectivity index (χ1n) is 18.3. The molecule has 1 unspecified atom stereocenters. The number of ether oxygens (including phenoxy) is 4. The average Bonchev–Trinajstić information content (AvgIpc) is 3.64. The molecular weight excluding hydrogens is 748 g/mol. The Morgan fingerprint density at radius 1 is 1.15 bits per heavy atom. The van der Waals surface area contributed by atoms with Crippen LogP contribution in [0, 0.1) is 11.6 Å². The molecule has 1 amide bonds. The highest BCUT2D eigenvalue weighted by atomic mass is 35.5. The third-order valence-electron chi connectivity index (χ3n) is 10.9. The molecule has 2 aromatic carbocycles. The topological polar surface area (TPSA) is 128 Å². The molecule has 3 fully saturated rings. The van der Waals surface area contributed by atoms with E-state index in [1.807, 2.05) is 0 Å². The van der Waals surface area contributed by atoms with Crippen LogP contribution in [0.5, 0.6) is 11.8 Å². The summed E-state index contributed by atoms with van der Waals surface area (Å²) in [6.07, 6.45) is -0.961. The zero-order valence-corrected chi connectivity index (χ0v) is 30.9. The highest BCUT2D eigenvalue weighted by Crippen LogP contribution is 2.43. The van der Waals surface area contributed by atoms with E-state index in [9.17, 15) is 14.0 Å². The number of carbonyl (C=O) groups excluding carboxylic acids is 2. The van der Waals surface area contributed by atoms with Gasteiger partial charge >= 0.3 is 18.3 Å². The predicted octanol–water partition coefficient (Wildman–Crippen LogP) is 7.16. The Morgan fingerprint density at radius 2 is 1.96 bits per heavy atom. The number of piperidine rings is 1. The summed E-state index contributed by atoms with van der Waals surface area (Å²) in [7, 11) is 0. The molecule has 0 spiro atoms. The molecule has 2 aromatic heterocycles. The number of fused-ring (bicyclic) bond motifs is 7. The molecule has 55 heavy (non-hydrogen) atoms. The summed E-state index contributed by atoms with van der Waals surface area (Å²) < 4.78 is 85.4. The van der Waals surface area contributed by atoms with Gasteiger partial charge in [0.15, 0.2) is 11.4 Å². The minimum absolute atomic E-state index is 0.0330. The SMILES string of the molecule is CC(Cl)OC(=O)Oc1cc2c3c(c(F)ccc3c1)CCCOC(=O)N[C@]1(C)C[C@@H](F)CN(C1)c1nc(OC[C@@]34CCCN3C[C@H](F)C4)nc3c(F)c-2ncc13. The normalized spacial score (nSPS) is 26.1. The van der Waals surface area contributed by atoms with Gasteiger partial charge in [-0.25, -0.2) is 27.2 Å². The zero-order valence-electron chi connectivity index (χ0n) is 30.2. The van der Waals surface area contributed by atoms with Crippen molar-refractivity contribution < 1.29 is 46.1 Å². The Labute approximate surface area is 318 Å². The van der Waals surface area contributed by atoms with Crippen molar-refractivity contribution in [3.05, 3.63) is 47.7 Å². The number of anilines is 1. The van der Waals surface area contributed by atoms with Crippen molar-refractivity contribution in [2.75, 3.05) is 44.3 Å². The fraction of sp³-hybridized carbons (Fsp3) is 0.500. The Hall–Kier alpha value is -4.70. The highest BCUT2D eigenvalue weighted by molar-refractivity contribution is 6.19. The number of benzene rings is 2. The molecule has 5 aliphatic rings. The van der Waals surface area contributed by atoms with Crippen molar-refractivity contribution in [2.45, 2.75) is 81.4 Å². The van der Waals surface area contributed by atoms with E-state index >= 15 is 13.2 Å². The molecule has 1 N–H and O–H groups in total. The number of aromatic nitrogens is 3. The largest absolute Gasteiger partial charge is 0.515 e. The van der Waals surface area contributed by atoms with Gasteiger partial charge < -0.3 is 29.2 Å². The number of pyridine rings is 1. The molecule has 12 nitrogen and oxygen atoms in total. The number of alkyl carbamates (subject to hydrolysis) is 1. The fourth-order valence-electron chi connectivity index (χ4n) is 8.68. The maximum absolute atomic E-state index is 17.3. The van der Waals surface area contributed by atoms with Crippen LogP contribution in [-0.4, -0.2) is 100 Å². The summed E-state index contributed by atoms with van der Waals surface area (Å²) in [5.74, 6) is -1.49. The van der Waals surface area contributed by atoms with E-state index in [1.54, 1.807) is 11.8 Å². The Morgan fingerprint density at radius 3 is 2.78 bits per heavy atom. The number of hydrogen-bond acceptors (Lipinski definition) is 11. The van der Waals surface area contributed by atoms with Crippen LogP contribution in [0.3, 0.4) is 0 Å². The van der Waals surface area contributed by atoms with Crippen LogP contribution in [-0.2, 0) is 15.9 Å². The van der Waals surface area contributed by atoms with E-state index in [0.29, 0.717) is 18.4 Å². The molecule has 5 atom stereocenters. The van der Waals surface area contributed by atoms with Crippen LogP contribution in [0.25, 0.3) is 32.9 Å². The van der Waals surface area contributed by atoms with Gasteiger partial charge in [-0.2, -0.15) is 9.97 Å². The number of carbonyl (C=O) groups is 2. The van der Waals surface area contributed by atoms with E-state index in [0.717, 1.165) is 13.0 Å². The third-order valence-corrected chi connectivity index (χ3v) is 11.0. The van der Waals surface area contributed by atoms with Gasteiger partial charge in [-0.15, -0.1) is 0 Å². The summed E-state index contributed by atoms with van der Waals surface area (Å²) in [5, 5.41) is 3.56. The van der Waals surface area contributed by atoms with Gasteiger partial charge in [-0.05, 0) is 80.6 Å². The molecule has 4 aromatic rings. The number of aryl methyl sites for hydroxylation is 1. The van der Waals surface area contributed by atoms with Gasteiger partial charge in [-0.3, -0.25) is 9.88 Å². The summed E-state index contributed by atoms with van der Waals surface area (Å²) in [6.45, 7) is 3.96. The van der Waals surface area contributed by atoms with Crippen molar-refractivity contribution in [3.8, 4) is 23.0 Å². The van der Waals surface area contributed by atoms with Gasteiger partial charge in [0, 0.05) is 37.7 Å². The molecule has 6 bridgehead atoms. The number of nitrogens with zero attached hydrogens (tertiary/aromatic N) is 5. The van der Waals surface area contributed by atoms with E-state index in [1.165, 1.54) is 37.4 Å². The van der Waals surface area contributed by atoms with Crippen molar-refractivity contribution in [1.82, 2.24) is 25.2 Å². The molecule has 292 valence electrons. The number of hydrogen-bond donors (Lipinski definition) is 1. The number of nitrogens with one attached hydrogen (secondary N) is 1. The number of alkyl halides is 3. The quantitative estimate of drug-likeness (QED) is 0.0959. The number of halogens is 5. The molecule has 5 aliphatic heterocycles. The van der Waals surface area contributed by atoms with Crippen molar-refractivity contribution >= 4 is 51.3 Å². The van der Waals surface area contributed by atoms with Gasteiger partial charge in [-0.1, -0.05) is 17.7 Å². The van der Waals surface area contributed by atoms with Crippen molar-refractivity contribution in [3.63, 3.8) is 0 Å². The van der Waals surface area contributed by atoms with E-state index in [-0.39, 0.29) is 103 Å². The summed E-state index contributed by atoms with van der Waals surface area (Å²) >= 11 is 5.82. The van der Waals surface area contributed by atoms with Gasteiger partial charge in [0.1, 0.15) is 47.5 Å². The molecule has 17 heteroatoms. The summed E-state index contributed by atoms with van der Waals surface area (Å²) in [5.41, 5.74) is -2.97. The van der Waals surface area contributed by atoms with Crippen LogP contribution in [0.1, 0.15) is 51.5 Å². The monoisotopic (exact) mass is 786 g/mol. The van der Waals surface area contributed by atoms with E-state index < -0.39 is 52.9 Å². The average molecular weight is 787 g/mol. The maximum atomic E-state index is 17.3. The molecule has 0 aliphatic carbocycles. The van der Waals surface area contributed by atoms with Crippen LogP contribution < -0.4 is 19.7 Å². The standard InChI is InChI=1S/C38H39ClF4N6O6/c1-20(39)54-36(51)55-24-11-21-6-7-28(42)25-5-3-10-52-35(50)47-37(2)13-22(40)16-48(18-37)33-27-15-44-31(26(12-24)29(21)25)30(43)32(27)45-34(46-33)53-19-38-8-4-9-49(38)17-23(41)14-38/h6-7,11-12,15,20,22-23H,3-5,8-10,13-14,16-19H2,1-2H3,(H,47,50)/t20?,22-,23-,37-,38+/m1/s1. The van der Waals surface area contributed by atoms with Crippen LogP contribution in [0.4, 0.5) is 33.0 Å². The van der Waals surface area contributed by atoms with Crippen LogP contribution in [0.2, 0.25) is 0 Å². The second-order valence-corrected chi connectivity index (χ2v) is 15.7. The maximum Gasteiger partial charge on any atom is 0.515 e. The minimum atomic E-state index is -1.43. The van der Waals surface area contributed by atoms with Gasteiger partial charge in [0.25, 0.3) is 0 Å². The Balaban J connectivity index is 1.32. The molecule has 7 heterocycles. The van der Waals surface area contributed by atoms with E-state index in [4.69, 9.17) is 30.5 Å². The number of amides is 1. The Bertz CT molecular complexity index is 2180. The first-order chi connectivity index (χ1) is 26.3. The zero-order chi connectivity index (χ0) is 38.6. The lowest BCUT2D eigenvalue weighted by atomic mass is 9.90. The lowest BCUT2D eigenvalue weighted by Gasteiger charge is -2.42. The summed E-state index contributed by atoms with van der Waals surface area (Å²) in [6, 6.07) is 5.28. The smallest absolute Gasteiger partial charge is 0.461 e. The molecule has 0 saturated carbocycles. The van der Waals surface area contributed by atoms with Gasteiger partial charge in [0.2, 0.25) is 0 Å². The van der Waals surface area contributed by atoms with Crippen molar-refractivity contribution in [2.24, 2.45) is 0 Å². The lowest BCUT2D eigenvalue weighted by Crippen LogP contribution is -2.60. The lowest BCUT2D eigenvalue weighted by molar-refractivity contribution is 0.0923. The van der Waals surface area contributed by atoms with E-state index in [2.05, 4.69) is 25.2 Å². The molecule has 9 rings (SSSR count). The fourth-order valence-corrected chi connectivity index (χ4v) is 8.76. The highest BCUT2D eigenvalue weighted by Gasteiger charge is 2.49. The molecule has 0 radical (unpaired) electrons. The molecule has 3 saturated heterocycles.